The molecular weight excluding hydrogens is 827 g/mol. The molecule has 15 heteroatoms. The third kappa shape index (κ3) is 37.5. The minimum Gasteiger partial charge on any atom is -0.462 e. The first-order valence-electron chi connectivity index (χ1n) is 24.6. The summed E-state index contributed by atoms with van der Waals surface area (Å²) < 4.78 is 38.3. The number of nitrogens with zero attached hydrogens (tertiary/aromatic N) is 1. The summed E-state index contributed by atoms with van der Waals surface area (Å²) in [6.07, 6.45) is 18.4. The normalized spacial score (nSPS) is 11.7. The SMILES string of the molecule is CCCCCCCCC(=O)OCC(COC(=O)CCCCCC)OC(=O)CN(CC(=O)OC(COC(=O)CCCCCCCC)COC(=O)CCCCCCCC)C(=O)OC(C)(C)C. The summed E-state index contributed by atoms with van der Waals surface area (Å²) in [5.74, 6) is -3.96. The lowest BCUT2D eigenvalue weighted by molar-refractivity contribution is -0.170. The molecule has 0 heterocycles. The first-order valence-corrected chi connectivity index (χ1v) is 24.6. The molecule has 0 spiro atoms. The van der Waals surface area contributed by atoms with Gasteiger partial charge in [0, 0.05) is 25.7 Å². The van der Waals surface area contributed by atoms with Crippen LogP contribution in [0.1, 0.15) is 215 Å². The lowest BCUT2D eigenvalue weighted by Crippen LogP contribution is -2.45. The predicted octanol–water partition coefficient (Wildman–Crippen LogP) is 10.4. The highest BCUT2D eigenvalue weighted by Crippen LogP contribution is 2.14. The highest BCUT2D eigenvalue weighted by molar-refractivity contribution is 5.83. The molecular formula is C49H87NO14. The van der Waals surface area contributed by atoms with Gasteiger partial charge in [-0.25, -0.2) is 4.79 Å². The molecule has 1 unspecified atom stereocenters. The molecule has 372 valence electrons. The minimum absolute atomic E-state index is 0.171. The number of esters is 6. The third-order valence-corrected chi connectivity index (χ3v) is 10.0. The summed E-state index contributed by atoms with van der Waals surface area (Å²) in [6, 6.07) is 0. The molecule has 0 radical (unpaired) electrons. The summed E-state index contributed by atoms with van der Waals surface area (Å²) >= 11 is 0. The standard InChI is InChI=1S/C49H87NO14/c1-8-12-16-20-23-27-31-43(52)59-37-40(36-58-42(51)30-26-19-15-11-4)62-46(55)34-50(48(57)64-49(5,6)7)35-47(56)63-41(38-60-44(53)32-28-24-21-17-13-9-2)39-61-45(54)33-29-25-22-18-14-10-3/h40-41H,8-39H2,1-7H3. The van der Waals surface area contributed by atoms with Gasteiger partial charge in [-0.2, -0.15) is 0 Å². The van der Waals surface area contributed by atoms with E-state index in [0.29, 0.717) is 25.7 Å². The number of amides is 1. The van der Waals surface area contributed by atoms with Crippen molar-refractivity contribution in [1.82, 2.24) is 4.90 Å². The zero-order chi connectivity index (χ0) is 47.9. The van der Waals surface area contributed by atoms with E-state index < -0.39 is 99.2 Å². The average molecular weight is 914 g/mol. The fourth-order valence-corrected chi connectivity index (χ4v) is 6.38. The van der Waals surface area contributed by atoms with Crippen molar-refractivity contribution in [2.24, 2.45) is 0 Å². The van der Waals surface area contributed by atoms with Gasteiger partial charge in [0.25, 0.3) is 0 Å². The van der Waals surface area contributed by atoms with Gasteiger partial charge in [0.05, 0.1) is 0 Å². The molecule has 0 aliphatic carbocycles. The summed E-state index contributed by atoms with van der Waals surface area (Å²) in [7, 11) is 0. The maximum Gasteiger partial charge on any atom is 0.411 e. The van der Waals surface area contributed by atoms with Crippen LogP contribution in [0, 0.1) is 0 Å². The van der Waals surface area contributed by atoms with E-state index in [1.165, 1.54) is 0 Å². The number of hydrogen-bond acceptors (Lipinski definition) is 14. The van der Waals surface area contributed by atoms with Crippen LogP contribution in [0.4, 0.5) is 4.79 Å². The second kappa shape index (κ2) is 39.5. The van der Waals surface area contributed by atoms with Crippen LogP contribution in [0.5, 0.6) is 0 Å². The van der Waals surface area contributed by atoms with E-state index in [1.807, 2.05) is 0 Å². The van der Waals surface area contributed by atoms with Crippen LogP contribution in [0.25, 0.3) is 0 Å². The van der Waals surface area contributed by atoms with Crippen molar-refractivity contribution >= 4 is 41.9 Å². The monoisotopic (exact) mass is 914 g/mol. The first kappa shape index (κ1) is 60.1. The van der Waals surface area contributed by atoms with E-state index >= 15 is 0 Å². The van der Waals surface area contributed by atoms with E-state index in [4.69, 9.17) is 33.2 Å². The summed E-state index contributed by atoms with van der Waals surface area (Å²) in [5, 5.41) is 0. The zero-order valence-corrected chi connectivity index (χ0v) is 40.9. The smallest absolute Gasteiger partial charge is 0.411 e. The van der Waals surface area contributed by atoms with Crippen molar-refractivity contribution < 1.29 is 66.7 Å². The van der Waals surface area contributed by atoms with Crippen LogP contribution in [-0.2, 0) is 61.9 Å². The van der Waals surface area contributed by atoms with E-state index in [0.717, 1.165) is 120 Å². The molecule has 0 aliphatic rings. The molecule has 1 amide bonds. The second-order valence-electron chi connectivity index (χ2n) is 17.7. The van der Waals surface area contributed by atoms with Crippen LogP contribution >= 0.6 is 0 Å². The minimum atomic E-state index is -1.20. The Balaban J connectivity index is 5.85. The van der Waals surface area contributed by atoms with Crippen LogP contribution in [0.3, 0.4) is 0 Å². The topological polar surface area (TPSA) is 187 Å². The Bertz CT molecular complexity index is 1250. The number of unbranched alkanes of at least 4 members (excludes halogenated alkanes) is 18. The van der Waals surface area contributed by atoms with Gasteiger partial charge in [0.2, 0.25) is 0 Å². The quantitative estimate of drug-likeness (QED) is 0.0321. The van der Waals surface area contributed by atoms with Gasteiger partial charge in [-0.15, -0.1) is 0 Å². The van der Waals surface area contributed by atoms with Gasteiger partial charge in [-0.1, -0.05) is 143 Å². The Morgan fingerprint density at radius 2 is 0.625 bits per heavy atom. The van der Waals surface area contributed by atoms with E-state index in [1.54, 1.807) is 20.8 Å². The highest BCUT2D eigenvalue weighted by Gasteiger charge is 2.30. The lowest BCUT2D eigenvalue weighted by Gasteiger charge is -2.27. The predicted molar refractivity (Wildman–Crippen MR) is 244 cm³/mol. The molecule has 0 bridgehead atoms. The molecule has 64 heavy (non-hydrogen) atoms. The van der Waals surface area contributed by atoms with E-state index in [-0.39, 0.29) is 25.7 Å². The van der Waals surface area contributed by atoms with Gasteiger partial charge in [-0.05, 0) is 46.5 Å². The lowest BCUT2D eigenvalue weighted by atomic mass is 10.1. The molecule has 0 fully saturated rings. The van der Waals surface area contributed by atoms with Gasteiger partial charge >= 0.3 is 41.9 Å². The molecule has 0 aromatic rings. The summed E-state index contributed by atoms with van der Waals surface area (Å²) in [6.45, 7) is 10.1. The largest absolute Gasteiger partial charge is 0.462 e. The Hall–Kier alpha value is -3.91. The Labute approximate surface area is 385 Å². The van der Waals surface area contributed by atoms with Gasteiger partial charge in [0.1, 0.15) is 45.1 Å². The van der Waals surface area contributed by atoms with Crippen molar-refractivity contribution in [3.05, 3.63) is 0 Å². The van der Waals surface area contributed by atoms with Crippen molar-refractivity contribution in [3.8, 4) is 0 Å². The Kier molecular flexibility index (Phi) is 37.0. The molecule has 0 aliphatic heterocycles. The van der Waals surface area contributed by atoms with Crippen LogP contribution < -0.4 is 0 Å². The van der Waals surface area contributed by atoms with Gasteiger partial charge < -0.3 is 33.2 Å². The zero-order valence-electron chi connectivity index (χ0n) is 40.9. The van der Waals surface area contributed by atoms with Gasteiger partial charge in [0.15, 0.2) is 12.2 Å². The molecule has 0 saturated heterocycles. The number of carbonyl (C=O) groups is 7. The Morgan fingerprint density at radius 3 is 0.891 bits per heavy atom. The third-order valence-electron chi connectivity index (χ3n) is 10.0. The van der Waals surface area contributed by atoms with E-state index in [9.17, 15) is 33.6 Å². The average Bonchev–Trinajstić information content (AvgIpc) is 3.24. The second-order valence-corrected chi connectivity index (χ2v) is 17.7. The Morgan fingerprint density at radius 1 is 0.375 bits per heavy atom. The van der Waals surface area contributed by atoms with Crippen LogP contribution in [0.15, 0.2) is 0 Å². The summed E-state index contributed by atoms with van der Waals surface area (Å²) in [5.41, 5.74) is -1.02. The maximum atomic E-state index is 13.4. The molecule has 0 N–H and O–H groups in total. The fourth-order valence-electron chi connectivity index (χ4n) is 6.38. The van der Waals surface area contributed by atoms with Crippen molar-refractivity contribution in [2.45, 2.75) is 233 Å². The van der Waals surface area contributed by atoms with E-state index in [2.05, 4.69) is 27.7 Å². The van der Waals surface area contributed by atoms with Crippen molar-refractivity contribution in [1.29, 1.82) is 0 Å². The van der Waals surface area contributed by atoms with Crippen molar-refractivity contribution in [3.63, 3.8) is 0 Å². The first-order chi connectivity index (χ1) is 30.6. The number of hydrogen-bond donors (Lipinski definition) is 0. The maximum absolute atomic E-state index is 13.4. The highest BCUT2D eigenvalue weighted by atomic mass is 16.6. The number of rotatable bonds is 40. The van der Waals surface area contributed by atoms with Crippen LogP contribution in [-0.4, -0.2) is 104 Å². The number of carbonyl (C=O) groups excluding carboxylic acids is 7. The summed E-state index contributed by atoms with van der Waals surface area (Å²) in [4.78, 5) is 91.3. The molecule has 0 aromatic heterocycles. The molecule has 1 atom stereocenters. The van der Waals surface area contributed by atoms with Gasteiger partial charge in [-0.3, -0.25) is 33.7 Å². The number of ether oxygens (including phenoxy) is 7. The fraction of sp³-hybridized carbons (Fsp3) is 0.857. The molecule has 0 saturated carbocycles. The molecule has 0 aromatic carbocycles. The molecule has 15 nitrogen and oxygen atoms in total. The van der Waals surface area contributed by atoms with Crippen molar-refractivity contribution in [2.75, 3.05) is 39.5 Å². The van der Waals surface area contributed by atoms with Crippen LogP contribution in [0.2, 0.25) is 0 Å². The molecule has 0 rings (SSSR count).